The van der Waals surface area contributed by atoms with Gasteiger partial charge in [0, 0.05) is 44.8 Å². The van der Waals surface area contributed by atoms with E-state index in [1.807, 2.05) is 34.1 Å². The van der Waals surface area contributed by atoms with Crippen molar-refractivity contribution in [1.29, 1.82) is 0 Å². The standard InChI is InChI=1S/C26H33N3O2/c30-25(28-16-6-7-17-28)21-27-15-8-18-29(20-19-27)26(31)24-12-5-4-11-23(24)14-13-22-9-2-1-3-10-22/h1-5,9-12H,6-8,13-21H2. The zero-order valence-electron chi connectivity index (χ0n) is 18.3. The predicted molar refractivity (Wildman–Crippen MR) is 123 cm³/mol. The van der Waals surface area contributed by atoms with Crippen LogP contribution in [0.1, 0.15) is 40.7 Å². The molecule has 2 aliphatic rings. The van der Waals surface area contributed by atoms with E-state index < -0.39 is 0 Å². The highest BCUT2D eigenvalue weighted by atomic mass is 16.2. The quantitative estimate of drug-likeness (QED) is 0.722. The van der Waals surface area contributed by atoms with Crippen molar-refractivity contribution in [2.75, 3.05) is 45.8 Å². The summed E-state index contributed by atoms with van der Waals surface area (Å²) in [7, 11) is 0. The molecule has 2 aromatic rings. The summed E-state index contributed by atoms with van der Waals surface area (Å²) in [6, 6.07) is 18.4. The Kier molecular flexibility index (Phi) is 7.36. The second-order valence-corrected chi connectivity index (χ2v) is 8.65. The molecular weight excluding hydrogens is 386 g/mol. The van der Waals surface area contributed by atoms with E-state index in [2.05, 4.69) is 35.2 Å². The average Bonchev–Trinajstić information content (AvgIpc) is 3.26. The zero-order chi connectivity index (χ0) is 21.5. The number of hydrogen-bond donors (Lipinski definition) is 0. The molecule has 2 amide bonds. The molecule has 2 aliphatic heterocycles. The molecule has 2 heterocycles. The molecule has 0 bridgehead atoms. The Balaban J connectivity index is 1.35. The van der Waals surface area contributed by atoms with Crippen LogP contribution in [-0.2, 0) is 17.6 Å². The first kappa shape index (κ1) is 21.6. The molecule has 5 nitrogen and oxygen atoms in total. The van der Waals surface area contributed by atoms with Gasteiger partial charge in [-0.1, -0.05) is 48.5 Å². The maximum atomic E-state index is 13.4. The van der Waals surface area contributed by atoms with Gasteiger partial charge in [0.2, 0.25) is 5.91 Å². The van der Waals surface area contributed by atoms with Crippen LogP contribution < -0.4 is 0 Å². The third-order valence-corrected chi connectivity index (χ3v) is 6.47. The van der Waals surface area contributed by atoms with Crippen molar-refractivity contribution in [3.8, 4) is 0 Å². The number of hydrogen-bond acceptors (Lipinski definition) is 3. The van der Waals surface area contributed by atoms with Gasteiger partial charge in [0.15, 0.2) is 0 Å². The molecule has 0 N–H and O–H groups in total. The van der Waals surface area contributed by atoms with Gasteiger partial charge in [0.05, 0.1) is 6.54 Å². The second-order valence-electron chi connectivity index (χ2n) is 8.65. The number of nitrogens with zero attached hydrogens (tertiary/aromatic N) is 3. The Morgan fingerprint density at radius 2 is 1.39 bits per heavy atom. The van der Waals surface area contributed by atoms with Crippen molar-refractivity contribution in [1.82, 2.24) is 14.7 Å². The van der Waals surface area contributed by atoms with Crippen LogP contribution in [0.4, 0.5) is 0 Å². The smallest absolute Gasteiger partial charge is 0.254 e. The van der Waals surface area contributed by atoms with Crippen LogP contribution in [0.25, 0.3) is 0 Å². The van der Waals surface area contributed by atoms with Crippen molar-refractivity contribution in [2.24, 2.45) is 0 Å². The highest BCUT2D eigenvalue weighted by Gasteiger charge is 2.25. The Hall–Kier alpha value is -2.66. The predicted octanol–water partition coefficient (Wildman–Crippen LogP) is 3.24. The lowest BCUT2D eigenvalue weighted by Crippen LogP contribution is -2.41. The number of benzene rings is 2. The van der Waals surface area contributed by atoms with Gasteiger partial charge in [0.25, 0.3) is 5.91 Å². The number of amides is 2. The van der Waals surface area contributed by atoms with E-state index in [0.29, 0.717) is 13.1 Å². The van der Waals surface area contributed by atoms with Crippen LogP contribution in [0, 0.1) is 0 Å². The van der Waals surface area contributed by atoms with Gasteiger partial charge >= 0.3 is 0 Å². The van der Waals surface area contributed by atoms with Crippen molar-refractivity contribution in [3.05, 3.63) is 71.3 Å². The molecule has 2 saturated heterocycles. The molecule has 0 saturated carbocycles. The molecule has 31 heavy (non-hydrogen) atoms. The Bertz CT molecular complexity index is 877. The fraction of sp³-hybridized carbons (Fsp3) is 0.462. The van der Waals surface area contributed by atoms with Crippen molar-refractivity contribution in [3.63, 3.8) is 0 Å². The fourth-order valence-corrected chi connectivity index (χ4v) is 4.63. The van der Waals surface area contributed by atoms with Gasteiger partial charge in [-0.3, -0.25) is 14.5 Å². The van der Waals surface area contributed by atoms with E-state index in [-0.39, 0.29) is 11.8 Å². The molecule has 5 heteroatoms. The number of carbonyl (C=O) groups excluding carboxylic acids is 2. The molecule has 0 unspecified atom stereocenters. The molecule has 0 aromatic heterocycles. The first-order chi connectivity index (χ1) is 15.2. The minimum Gasteiger partial charge on any atom is -0.342 e. The maximum Gasteiger partial charge on any atom is 0.254 e. The molecular formula is C26H33N3O2. The Morgan fingerprint density at radius 1 is 0.677 bits per heavy atom. The summed E-state index contributed by atoms with van der Waals surface area (Å²) in [5, 5.41) is 0. The topological polar surface area (TPSA) is 43.9 Å². The molecule has 0 radical (unpaired) electrons. The maximum absolute atomic E-state index is 13.4. The summed E-state index contributed by atoms with van der Waals surface area (Å²) in [5.41, 5.74) is 3.22. The molecule has 2 fully saturated rings. The summed E-state index contributed by atoms with van der Waals surface area (Å²) >= 11 is 0. The lowest BCUT2D eigenvalue weighted by Gasteiger charge is -2.24. The Morgan fingerprint density at radius 3 is 2.19 bits per heavy atom. The SMILES string of the molecule is O=C(CN1CCCN(C(=O)c2ccccc2CCc2ccccc2)CC1)N1CCCC1. The van der Waals surface area contributed by atoms with Crippen LogP contribution in [-0.4, -0.2) is 72.3 Å². The molecule has 4 rings (SSSR count). The van der Waals surface area contributed by atoms with E-state index in [9.17, 15) is 9.59 Å². The van der Waals surface area contributed by atoms with Crippen molar-refractivity contribution in [2.45, 2.75) is 32.1 Å². The van der Waals surface area contributed by atoms with E-state index in [0.717, 1.165) is 76.0 Å². The molecule has 164 valence electrons. The molecule has 0 spiro atoms. The van der Waals surface area contributed by atoms with Gasteiger partial charge in [0.1, 0.15) is 0 Å². The zero-order valence-corrected chi connectivity index (χ0v) is 18.3. The van der Waals surface area contributed by atoms with Crippen molar-refractivity contribution >= 4 is 11.8 Å². The first-order valence-corrected chi connectivity index (χ1v) is 11.6. The number of rotatable bonds is 6. The lowest BCUT2D eigenvalue weighted by atomic mass is 9.99. The monoisotopic (exact) mass is 419 g/mol. The van der Waals surface area contributed by atoms with Crippen LogP contribution in [0.15, 0.2) is 54.6 Å². The highest BCUT2D eigenvalue weighted by Crippen LogP contribution is 2.17. The minimum atomic E-state index is 0.122. The summed E-state index contributed by atoms with van der Waals surface area (Å²) in [6.45, 7) is 5.35. The van der Waals surface area contributed by atoms with Gasteiger partial charge < -0.3 is 9.80 Å². The highest BCUT2D eigenvalue weighted by molar-refractivity contribution is 5.95. The number of aryl methyl sites for hydroxylation is 2. The van der Waals surface area contributed by atoms with Gasteiger partial charge in [-0.15, -0.1) is 0 Å². The van der Waals surface area contributed by atoms with E-state index in [1.165, 1.54) is 5.56 Å². The van der Waals surface area contributed by atoms with Crippen LogP contribution in [0.2, 0.25) is 0 Å². The van der Waals surface area contributed by atoms with Gasteiger partial charge in [-0.2, -0.15) is 0 Å². The van der Waals surface area contributed by atoms with Crippen LogP contribution >= 0.6 is 0 Å². The minimum absolute atomic E-state index is 0.122. The fourth-order valence-electron chi connectivity index (χ4n) is 4.63. The lowest BCUT2D eigenvalue weighted by molar-refractivity contribution is -0.131. The van der Waals surface area contributed by atoms with E-state index >= 15 is 0 Å². The summed E-state index contributed by atoms with van der Waals surface area (Å²) in [5.74, 6) is 0.361. The second kappa shape index (κ2) is 10.6. The largest absolute Gasteiger partial charge is 0.342 e. The van der Waals surface area contributed by atoms with Gasteiger partial charge in [-0.25, -0.2) is 0 Å². The van der Waals surface area contributed by atoms with Crippen molar-refractivity contribution < 1.29 is 9.59 Å². The third-order valence-electron chi connectivity index (χ3n) is 6.47. The normalized spacial score (nSPS) is 17.5. The Labute approximate surface area is 185 Å². The molecule has 0 atom stereocenters. The van der Waals surface area contributed by atoms with E-state index in [1.54, 1.807) is 0 Å². The first-order valence-electron chi connectivity index (χ1n) is 11.6. The van der Waals surface area contributed by atoms with Gasteiger partial charge in [-0.05, 0) is 49.3 Å². The van der Waals surface area contributed by atoms with Crippen LogP contribution in [0.3, 0.4) is 0 Å². The summed E-state index contributed by atoms with van der Waals surface area (Å²) in [6.07, 6.45) is 4.94. The number of carbonyl (C=O) groups is 2. The average molecular weight is 420 g/mol. The van der Waals surface area contributed by atoms with Crippen LogP contribution in [0.5, 0.6) is 0 Å². The molecule has 2 aromatic carbocycles. The van der Waals surface area contributed by atoms with E-state index in [4.69, 9.17) is 0 Å². The third kappa shape index (κ3) is 5.73. The molecule has 0 aliphatic carbocycles. The summed E-state index contributed by atoms with van der Waals surface area (Å²) < 4.78 is 0. The summed E-state index contributed by atoms with van der Waals surface area (Å²) in [4.78, 5) is 32.0. The number of likely N-dealkylation sites (tertiary alicyclic amines) is 1.